The Labute approximate surface area is 172 Å². The zero-order valence-electron chi connectivity index (χ0n) is 16.5. The Morgan fingerprint density at radius 3 is 2.46 bits per heavy atom. The van der Waals surface area contributed by atoms with Crippen molar-refractivity contribution in [1.82, 2.24) is 4.57 Å². The molecule has 0 spiro atoms. The summed E-state index contributed by atoms with van der Waals surface area (Å²) >= 11 is 6.19. The summed E-state index contributed by atoms with van der Waals surface area (Å²) in [6.45, 7) is 4.85. The minimum absolute atomic E-state index is 0.377. The fraction of sp³-hybridized carbons (Fsp3) is 0.292. The third kappa shape index (κ3) is 4.31. The van der Waals surface area contributed by atoms with Crippen LogP contribution in [0.3, 0.4) is 0 Å². The number of nitrogens with two attached hydrogens (primary N) is 1. The van der Waals surface area contributed by atoms with Gasteiger partial charge in [0.05, 0.1) is 5.56 Å². The minimum atomic E-state index is -0.377. The van der Waals surface area contributed by atoms with Gasteiger partial charge < -0.3 is 10.3 Å². The van der Waals surface area contributed by atoms with Crippen LogP contribution in [0.15, 0.2) is 54.6 Å². The van der Waals surface area contributed by atoms with Gasteiger partial charge in [-0.1, -0.05) is 73.8 Å². The van der Waals surface area contributed by atoms with E-state index in [2.05, 4.69) is 17.6 Å². The van der Waals surface area contributed by atoms with E-state index in [1.54, 1.807) is 0 Å². The second kappa shape index (κ2) is 9.11. The van der Waals surface area contributed by atoms with Crippen LogP contribution in [0.25, 0.3) is 11.1 Å². The molecule has 146 valence electrons. The van der Waals surface area contributed by atoms with E-state index in [4.69, 9.17) is 17.3 Å². The number of carbonyl (C=O) groups is 1. The quantitative estimate of drug-likeness (QED) is 0.468. The van der Waals surface area contributed by atoms with Crippen molar-refractivity contribution < 1.29 is 4.79 Å². The molecule has 1 aromatic heterocycles. The summed E-state index contributed by atoms with van der Waals surface area (Å²) < 4.78 is 2.24. The first kappa shape index (κ1) is 20.2. The summed E-state index contributed by atoms with van der Waals surface area (Å²) in [5, 5.41) is 0.716. The number of amides is 1. The topological polar surface area (TPSA) is 48.0 Å². The molecule has 3 nitrogen and oxygen atoms in total. The number of primary amides is 1. The van der Waals surface area contributed by atoms with Gasteiger partial charge in [0.25, 0.3) is 5.91 Å². The molecule has 0 aliphatic carbocycles. The highest BCUT2D eigenvalue weighted by Gasteiger charge is 2.24. The average Bonchev–Trinajstić information content (AvgIpc) is 2.95. The van der Waals surface area contributed by atoms with E-state index in [-0.39, 0.29) is 5.91 Å². The summed E-state index contributed by atoms with van der Waals surface area (Å²) in [5.74, 6) is -0.377. The molecular weight excluding hydrogens is 368 g/mol. The van der Waals surface area contributed by atoms with Gasteiger partial charge in [-0.25, -0.2) is 0 Å². The number of halogens is 1. The molecule has 0 saturated carbocycles. The van der Waals surface area contributed by atoms with Crippen molar-refractivity contribution in [2.45, 2.75) is 46.1 Å². The number of benzene rings is 2. The number of hydrogen-bond acceptors (Lipinski definition) is 1. The fourth-order valence-electron chi connectivity index (χ4n) is 3.85. The summed E-state index contributed by atoms with van der Waals surface area (Å²) in [6, 6.07) is 18.0. The van der Waals surface area contributed by atoms with Gasteiger partial charge >= 0.3 is 0 Å². The van der Waals surface area contributed by atoms with Crippen molar-refractivity contribution in [3.63, 3.8) is 0 Å². The summed E-state index contributed by atoms with van der Waals surface area (Å²) in [5.41, 5.74) is 11.7. The molecule has 3 aromatic rings. The lowest BCUT2D eigenvalue weighted by Crippen LogP contribution is -2.13. The van der Waals surface area contributed by atoms with E-state index in [0.29, 0.717) is 17.1 Å². The molecule has 2 N–H and O–H groups in total. The highest BCUT2D eigenvalue weighted by Crippen LogP contribution is 2.34. The second-order valence-electron chi connectivity index (χ2n) is 7.19. The smallest absolute Gasteiger partial charge is 0.251 e. The average molecular weight is 395 g/mol. The molecule has 2 aromatic carbocycles. The number of carbonyl (C=O) groups excluding carboxylic acids is 1. The first-order valence-electron chi connectivity index (χ1n) is 9.84. The second-order valence-corrected chi connectivity index (χ2v) is 7.62. The first-order chi connectivity index (χ1) is 13.5. The standard InChI is InChI=1S/C24H27ClN2O/c1-3-4-6-14-21-23(19-11-7-5-8-12-19)22(24(26)28)17(2)27(21)16-18-10-9-13-20(25)15-18/h5,7-13,15H,3-4,6,14,16H2,1-2H3,(H2,26,28). The number of unbranched alkanes of at least 4 members (excludes halogenated alkanes) is 2. The van der Waals surface area contributed by atoms with Gasteiger partial charge in [-0.15, -0.1) is 0 Å². The monoisotopic (exact) mass is 394 g/mol. The maximum Gasteiger partial charge on any atom is 0.251 e. The molecule has 3 rings (SSSR count). The Morgan fingerprint density at radius 1 is 1.07 bits per heavy atom. The van der Waals surface area contributed by atoms with E-state index < -0.39 is 0 Å². The number of aromatic nitrogens is 1. The van der Waals surface area contributed by atoms with Crippen molar-refractivity contribution >= 4 is 17.5 Å². The van der Waals surface area contributed by atoms with Gasteiger partial charge in [0.1, 0.15) is 0 Å². The third-order valence-electron chi connectivity index (χ3n) is 5.19. The maximum absolute atomic E-state index is 12.4. The molecular formula is C24H27ClN2O. The maximum atomic E-state index is 12.4. The van der Waals surface area contributed by atoms with Crippen LogP contribution < -0.4 is 5.73 Å². The number of rotatable bonds is 8. The third-order valence-corrected chi connectivity index (χ3v) is 5.42. The van der Waals surface area contributed by atoms with Crippen LogP contribution in [0.5, 0.6) is 0 Å². The zero-order valence-corrected chi connectivity index (χ0v) is 17.3. The van der Waals surface area contributed by atoms with Gasteiger partial charge in [0.15, 0.2) is 0 Å². The summed E-state index contributed by atoms with van der Waals surface area (Å²) in [7, 11) is 0. The predicted molar refractivity (Wildman–Crippen MR) is 117 cm³/mol. The Hall–Kier alpha value is -2.52. The molecule has 0 unspecified atom stereocenters. The summed E-state index contributed by atoms with van der Waals surface area (Å²) in [4.78, 5) is 12.4. The molecule has 1 amide bonds. The van der Waals surface area contributed by atoms with Crippen LogP contribution in [-0.4, -0.2) is 10.5 Å². The van der Waals surface area contributed by atoms with Gasteiger partial charge in [-0.05, 0) is 43.0 Å². The van der Waals surface area contributed by atoms with Crippen molar-refractivity contribution in [2.75, 3.05) is 0 Å². The van der Waals surface area contributed by atoms with Crippen LogP contribution >= 0.6 is 11.6 Å². The van der Waals surface area contributed by atoms with Gasteiger partial charge in [-0.2, -0.15) is 0 Å². The molecule has 0 bridgehead atoms. The van der Waals surface area contributed by atoms with Gasteiger partial charge in [-0.3, -0.25) is 4.79 Å². The van der Waals surface area contributed by atoms with E-state index in [9.17, 15) is 4.79 Å². The Kier molecular flexibility index (Phi) is 6.58. The predicted octanol–water partition coefficient (Wildman–Crippen LogP) is 6.00. The van der Waals surface area contributed by atoms with E-state index in [1.807, 2.05) is 55.5 Å². The van der Waals surface area contributed by atoms with E-state index in [1.165, 1.54) is 5.69 Å². The lowest BCUT2D eigenvalue weighted by atomic mass is 9.97. The molecule has 1 heterocycles. The van der Waals surface area contributed by atoms with Crippen LogP contribution in [0, 0.1) is 6.92 Å². The number of nitrogens with zero attached hydrogens (tertiary/aromatic N) is 1. The van der Waals surface area contributed by atoms with Gasteiger partial charge in [0, 0.05) is 28.5 Å². The SMILES string of the molecule is CCCCCc1c(-c2ccccc2)c(C(N)=O)c(C)n1Cc1cccc(Cl)c1. The van der Waals surface area contributed by atoms with Crippen LogP contribution in [0.2, 0.25) is 5.02 Å². The van der Waals surface area contributed by atoms with Crippen molar-refractivity contribution in [2.24, 2.45) is 5.73 Å². The van der Waals surface area contributed by atoms with Crippen LogP contribution in [0.4, 0.5) is 0 Å². The fourth-order valence-corrected chi connectivity index (χ4v) is 4.06. The van der Waals surface area contributed by atoms with Gasteiger partial charge in [0.2, 0.25) is 0 Å². The normalized spacial score (nSPS) is 11.0. The van der Waals surface area contributed by atoms with Crippen molar-refractivity contribution in [3.05, 3.63) is 82.1 Å². The zero-order chi connectivity index (χ0) is 20.1. The Balaban J connectivity index is 2.17. The van der Waals surface area contributed by atoms with Crippen molar-refractivity contribution in [3.8, 4) is 11.1 Å². The molecule has 0 fully saturated rings. The van der Waals surface area contributed by atoms with Crippen molar-refractivity contribution in [1.29, 1.82) is 0 Å². The minimum Gasteiger partial charge on any atom is -0.366 e. The Morgan fingerprint density at radius 2 is 1.82 bits per heavy atom. The molecule has 0 saturated heterocycles. The van der Waals surface area contributed by atoms with E-state index >= 15 is 0 Å². The lowest BCUT2D eigenvalue weighted by molar-refractivity contribution is 0.1000. The Bertz CT molecular complexity index is 960. The first-order valence-corrected chi connectivity index (χ1v) is 10.2. The highest BCUT2D eigenvalue weighted by atomic mass is 35.5. The highest BCUT2D eigenvalue weighted by molar-refractivity contribution is 6.30. The van der Waals surface area contributed by atoms with Crippen LogP contribution in [0.1, 0.15) is 53.5 Å². The summed E-state index contributed by atoms with van der Waals surface area (Å²) in [6.07, 6.45) is 4.29. The lowest BCUT2D eigenvalue weighted by Gasteiger charge is -2.14. The number of hydrogen-bond donors (Lipinski definition) is 1. The molecule has 0 aliphatic rings. The molecule has 0 atom stereocenters. The van der Waals surface area contributed by atoms with E-state index in [0.717, 1.165) is 48.1 Å². The molecule has 0 radical (unpaired) electrons. The molecule has 4 heteroatoms. The molecule has 28 heavy (non-hydrogen) atoms. The molecule has 0 aliphatic heterocycles. The van der Waals surface area contributed by atoms with Crippen LogP contribution in [-0.2, 0) is 13.0 Å². The largest absolute Gasteiger partial charge is 0.366 e.